The number of hydrogen-bond acceptors (Lipinski definition) is 3. The van der Waals surface area contributed by atoms with Gasteiger partial charge in [0.2, 0.25) is 0 Å². The zero-order valence-corrected chi connectivity index (χ0v) is 11.8. The van der Waals surface area contributed by atoms with E-state index in [4.69, 9.17) is 0 Å². The van der Waals surface area contributed by atoms with Crippen molar-refractivity contribution in [1.82, 2.24) is 4.73 Å². The number of nitrogens with zero attached hydrogens (tertiary/aromatic N) is 2. The Bertz CT molecular complexity index is 653. The lowest BCUT2D eigenvalue weighted by Gasteiger charge is -2.04. The highest BCUT2D eigenvalue weighted by molar-refractivity contribution is 7.99. The van der Waals surface area contributed by atoms with E-state index in [2.05, 4.69) is 10.3 Å². The molecule has 0 spiro atoms. The molecule has 2 rings (SSSR count). The average molecular weight is 289 g/mol. The minimum Gasteiger partial charge on any atom is -0.428 e. The molecule has 0 radical (unpaired) electrons. The third-order valence-corrected chi connectivity index (χ3v) is 3.32. The third kappa shape index (κ3) is 3.89. The molecule has 0 unspecified atom stereocenters. The van der Waals surface area contributed by atoms with Crippen molar-refractivity contribution in [3.63, 3.8) is 0 Å². The molecule has 2 aromatic rings. The minimum atomic E-state index is -0.445. The summed E-state index contributed by atoms with van der Waals surface area (Å²) in [6.45, 7) is 1.98. The van der Waals surface area contributed by atoms with Gasteiger partial charge in [0, 0.05) is 11.9 Å². The number of nitrogens with one attached hydrogen (secondary N) is 1. The number of para-hydroxylation sites is 1. The topological polar surface area (TPSA) is 66.6 Å². The summed E-state index contributed by atoms with van der Waals surface area (Å²) in [5.41, 5.74) is 0.692. The van der Waals surface area contributed by atoms with Crippen LogP contribution in [0.2, 0.25) is 0 Å². The van der Waals surface area contributed by atoms with Gasteiger partial charge < -0.3 is 10.5 Å². The van der Waals surface area contributed by atoms with Crippen LogP contribution in [0.25, 0.3) is 0 Å². The standard InChI is InChI=1S/C14H15N3O2S/c1-2-20-13-10-12(8-9-17(13)19)16-14(18)15-11-6-4-3-5-7-11/h3-10,19H,2H2,1H3,(H,15,18). The number of benzene rings is 1. The fourth-order valence-electron chi connectivity index (χ4n) is 1.58. The molecule has 104 valence electrons. The van der Waals surface area contributed by atoms with Gasteiger partial charge in [0.05, 0.1) is 5.36 Å². The molecule has 1 aromatic carbocycles. The maximum atomic E-state index is 11.8. The fraction of sp³-hybridized carbons (Fsp3) is 0.143. The Hall–Kier alpha value is -2.21. The molecule has 0 saturated carbocycles. The molecule has 1 aromatic heterocycles. The summed E-state index contributed by atoms with van der Waals surface area (Å²) in [4.78, 5) is 15.7. The van der Waals surface area contributed by atoms with Crippen LogP contribution in [-0.2, 0) is 0 Å². The van der Waals surface area contributed by atoms with Crippen LogP contribution in [-0.4, -0.2) is 21.7 Å². The third-order valence-electron chi connectivity index (χ3n) is 2.43. The van der Waals surface area contributed by atoms with Gasteiger partial charge in [-0.1, -0.05) is 25.1 Å². The van der Waals surface area contributed by atoms with Gasteiger partial charge in [-0.25, -0.2) is 4.79 Å². The second kappa shape index (κ2) is 6.81. The smallest absolute Gasteiger partial charge is 0.345 e. The SMILES string of the molecule is CCSc1cc(=NC(=O)Nc2ccccc2)ccn1O. The molecule has 0 atom stereocenters. The molecule has 1 heterocycles. The Balaban J connectivity index is 2.18. The lowest BCUT2D eigenvalue weighted by molar-refractivity contribution is 0.159. The van der Waals surface area contributed by atoms with E-state index in [0.717, 1.165) is 10.5 Å². The second-order valence-electron chi connectivity index (χ2n) is 3.91. The van der Waals surface area contributed by atoms with Gasteiger partial charge in [0.1, 0.15) is 5.03 Å². The van der Waals surface area contributed by atoms with Crippen LogP contribution in [0.5, 0.6) is 0 Å². The van der Waals surface area contributed by atoms with Crippen molar-refractivity contribution in [2.45, 2.75) is 11.9 Å². The van der Waals surface area contributed by atoms with Crippen LogP contribution >= 0.6 is 11.8 Å². The minimum absolute atomic E-state index is 0.445. The van der Waals surface area contributed by atoms with Crippen molar-refractivity contribution in [2.24, 2.45) is 4.99 Å². The molecule has 5 nitrogen and oxygen atoms in total. The molecular formula is C14H15N3O2S. The van der Waals surface area contributed by atoms with Crippen molar-refractivity contribution >= 4 is 23.5 Å². The van der Waals surface area contributed by atoms with Crippen LogP contribution in [0, 0.1) is 0 Å². The summed E-state index contributed by atoms with van der Waals surface area (Å²) in [6, 6.07) is 11.9. The Morgan fingerprint density at radius 1 is 1.35 bits per heavy atom. The Labute approximate surface area is 120 Å². The molecule has 0 aliphatic heterocycles. The average Bonchev–Trinajstić information content (AvgIpc) is 2.44. The van der Waals surface area contributed by atoms with Gasteiger partial charge in [-0.3, -0.25) is 0 Å². The summed E-state index contributed by atoms with van der Waals surface area (Å²) < 4.78 is 1.02. The highest BCUT2D eigenvalue weighted by Gasteiger charge is 2.01. The van der Waals surface area contributed by atoms with Crippen LogP contribution in [0.3, 0.4) is 0 Å². The number of rotatable bonds is 3. The lowest BCUT2D eigenvalue weighted by Crippen LogP contribution is -2.14. The molecule has 0 saturated heterocycles. The van der Waals surface area contributed by atoms with E-state index in [1.807, 2.05) is 25.1 Å². The highest BCUT2D eigenvalue weighted by atomic mass is 32.2. The lowest BCUT2D eigenvalue weighted by atomic mass is 10.3. The number of aromatic nitrogens is 1. The van der Waals surface area contributed by atoms with Gasteiger partial charge in [0.15, 0.2) is 0 Å². The summed E-state index contributed by atoms with van der Waals surface area (Å²) >= 11 is 1.47. The predicted octanol–water partition coefficient (Wildman–Crippen LogP) is 2.97. The molecule has 2 N–H and O–H groups in total. The number of pyridine rings is 1. The quantitative estimate of drug-likeness (QED) is 0.674. The number of carbonyl (C=O) groups excluding carboxylic acids is 1. The normalized spacial score (nSPS) is 11.3. The largest absolute Gasteiger partial charge is 0.428 e. The van der Waals surface area contributed by atoms with Gasteiger partial charge >= 0.3 is 6.03 Å². The maximum absolute atomic E-state index is 11.8. The first-order chi connectivity index (χ1) is 9.69. The van der Waals surface area contributed by atoms with Gasteiger partial charge in [0.25, 0.3) is 0 Å². The number of thioether (sulfide) groups is 1. The van der Waals surface area contributed by atoms with Crippen LogP contribution in [0.4, 0.5) is 10.5 Å². The number of anilines is 1. The maximum Gasteiger partial charge on any atom is 0.345 e. The zero-order chi connectivity index (χ0) is 14.4. The number of carbonyl (C=O) groups is 1. The predicted molar refractivity (Wildman–Crippen MR) is 79.0 cm³/mol. The van der Waals surface area contributed by atoms with Crippen LogP contribution in [0.1, 0.15) is 6.92 Å². The monoisotopic (exact) mass is 289 g/mol. The van der Waals surface area contributed by atoms with Gasteiger partial charge in [-0.2, -0.15) is 9.72 Å². The van der Waals surface area contributed by atoms with E-state index >= 15 is 0 Å². The first kappa shape index (κ1) is 14.2. The fourth-order valence-corrected chi connectivity index (χ4v) is 2.27. The first-order valence-electron chi connectivity index (χ1n) is 6.14. The van der Waals surface area contributed by atoms with Crippen molar-refractivity contribution < 1.29 is 10.0 Å². The van der Waals surface area contributed by atoms with Crippen LogP contribution < -0.4 is 10.7 Å². The summed E-state index contributed by atoms with van der Waals surface area (Å²) in [5, 5.41) is 13.4. The molecule has 0 fully saturated rings. The molecule has 0 aliphatic rings. The summed E-state index contributed by atoms with van der Waals surface area (Å²) in [5.74, 6) is 0.820. The molecule has 0 aliphatic carbocycles. The van der Waals surface area contributed by atoms with E-state index in [1.165, 1.54) is 18.0 Å². The Kier molecular flexibility index (Phi) is 4.84. The molecule has 0 bridgehead atoms. The van der Waals surface area contributed by atoms with E-state index in [9.17, 15) is 10.0 Å². The van der Waals surface area contributed by atoms with E-state index in [0.29, 0.717) is 16.1 Å². The van der Waals surface area contributed by atoms with E-state index < -0.39 is 6.03 Å². The molecule has 20 heavy (non-hydrogen) atoms. The van der Waals surface area contributed by atoms with Crippen molar-refractivity contribution in [1.29, 1.82) is 0 Å². The van der Waals surface area contributed by atoms with Gasteiger partial charge in [-0.15, -0.1) is 11.8 Å². The second-order valence-corrected chi connectivity index (χ2v) is 5.19. The first-order valence-corrected chi connectivity index (χ1v) is 7.13. The number of urea groups is 1. The van der Waals surface area contributed by atoms with E-state index in [1.54, 1.807) is 24.3 Å². The Morgan fingerprint density at radius 2 is 2.10 bits per heavy atom. The summed E-state index contributed by atoms with van der Waals surface area (Å²) in [7, 11) is 0. The zero-order valence-electron chi connectivity index (χ0n) is 11.0. The van der Waals surface area contributed by atoms with Crippen molar-refractivity contribution in [3.05, 3.63) is 54.0 Å². The number of hydrogen-bond donors (Lipinski definition) is 2. The van der Waals surface area contributed by atoms with Crippen molar-refractivity contribution in [3.8, 4) is 0 Å². The number of amides is 2. The van der Waals surface area contributed by atoms with Crippen molar-refractivity contribution in [2.75, 3.05) is 11.1 Å². The molecule has 2 amide bonds. The van der Waals surface area contributed by atoms with Crippen LogP contribution in [0.15, 0.2) is 58.7 Å². The molecular weight excluding hydrogens is 274 g/mol. The van der Waals surface area contributed by atoms with Gasteiger partial charge in [-0.05, 0) is 30.0 Å². The Morgan fingerprint density at radius 3 is 2.80 bits per heavy atom. The van der Waals surface area contributed by atoms with E-state index in [-0.39, 0.29) is 0 Å². The molecule has 6 heteroatoms. The summed E-state index contributed by atoms with van der Waals surface area (Å²) in [6.07, 6.45) is 1.46. The highest BCUT2D eigenvalue weighted by Crippen LogP contribution is 2.13.